The summed E-state index contributed by atoms with van der Waals surface area (Å²) < 4.78 is 6.08. The minimum Gasteiger partial charge on any atom is -0.496 e. The lowest BCUT2D eigenvalue weighted by molar-refractivity contribution is -0.121. The van der Waals surface area contributed by atoms with Crippen LogP contribution in [0.5, 0.6) is 5.75 Å². The molecule has 0 aliphatic carbocycles. The second-order valence-electron chi connectivity index (χ2n) is 4.78. The summed E-state index contributed by atoms with van der Waals surface area (Å²) in [6.07, 6.45) is 2.08. The third-order valence-corrected chi connectivity index (χ3v) is 3.68. The van der Waals surface area contributed by atoms with Gasteiger partial charge in [0.15, 0.2) is 0 Å². The molecule has 2 N–H and O–H groups in total. The van der Waals surface area contributed by atoms with Crippen LogP contribution in [0, 0.1) is 5.92 Å². The first-order valence-electron chi connectivity index (χ1n) is 6.80. The molecular weight excluding hydrogens is 322 g/mol. The highest BCUT2D eigenvalue weighted by molar-refractivity contribution is 9.10. The van der Waals surface area contributed by atoms with Gasteiger partial charge in [-0.15, -0.1) is 0 Å². The van der Waals surface area contributed by atoms with E-state index in [4.69, 9.17) is 4.74 Å². The summed E-state index contributed by atoms with van der Waals surface area (Å²) in [6, 6.07) is 5.85. The van der Waals surface area contributed by atoms with E-state index in [1.165, 1.54) is 0 Å². The van der Waals surface area contributed by atoms with Crippen LogP contribution in [0.1, 0.15) is 25.3 Å². The Balaban J connectivity index is 2.55. The van der Waals surface area contributed by atoms with E-state index in [0.29, 0.717) is 19.4 Å². The van der Waals surface area contributed by atoms with Gasteiger partial charge in [0.05, 0.1) is 11.6 Å². The average molecular weight is 344 g/mol. The van der Waals surface area contributed by atoms with Crippen molar-refractivity contribution in [3.63, 3.8) is 0 Å². The zero-order valence-electron chi connectivity index (χ0n) is 12.0. The fourth-order valence-electron chi connectivity index (χ4n) is 1.95. The van der Waals surface area contributed by atoms with Crippen molar-refractivity contribution in [2.45, 2.75) is 26.2 Å². The van der Waals surface area contributed by atoms with Crippen molar-refractivity contribution in [1.82, 2.24) is 5.32 Å². The number of benzene rings is 1. The largest absolute Gasteiger partial charge is 0.496 e. The van der Waals surface area contributed by atoms with E-state index in [-0.39, 0.29) is 18.4 Å². The predicted molar refractivity (Wildman–Crippen MR) is 82.9 cm³/mol. The lowest BCUT2D eigenvalue weighted by Crippen LogP contribution is -2.31. The molecule has 0 saturated carbocycles. The second kappa shape index (κ2) is 8.97. The molecular formula is C15H22BrNO3. The van der Waals surface area contributed by atoms with Crippen molar-refractivity contribution in [2.75, 3.05) is 20.3 Å². The molecule has 5 heteroatoms. The van der Waals surface area contributed by atoms with Crippen LogP contribution >= 0.6 is 15.9 Å². The van der Waals surface area contributed by atoms with Gasteiger partial charge in [-0.05, 0) is 46.5 Å². The highest BCUT2D eigenvalue weighted by Crippen LogP contribution is 2.26. The lowest BCUT2D eigenvalue weighted by Gasteiger charge is -2.16. The van der Waals surface area contributed by atoms with Gasteiger partial charge in [0.25, 0.3) is 0 Å². The van der Waals surface area contributed by atoms with E-state index in [9.17, 15) is 9.90 Å². The van der Waals surface area contributed by atoms with Gasteiger partial charge in [0, 0.05) is 25.5 Å². The van der Waals surface area contributed by atoms with Crippen molar-refractivity contribution in [3.05, 3.63) is 28.2 Å². The number of hydrogen-bond acceptors (Lipinski definition) is 3. The Morgan fingerprint density at radius 1 is 1.50 bits per heavy atom. The molecule has 0 aliphatic heterocycles. The molecule has 0 aliphatic rings. The van der Waals surface area contributed by atoms with Crippen LogP contribution in [-0.2, 0) is 11.2 Å². The highest BCUT2D eigenvalue weighted by atomic mass is 79.9. The molecule has 4 nitrogen and oxygen atoms in total. The quantitative estimate of drug-likeness (QED) is 0.762. The van der Waals surface area contributed by atoms with Gasteiger partial charge in [0.2, 0.25) is 5.91 Å². The maximum Gasteiger partial charge on any atom is 0.219 e. The first-order valence-corrected chi connectivity index (χ1v) is 7.60. The average Bonchev–Trinajstić information content (AvgIpc) is 2.44. The van der Waals surface area contributed by atoms with Crippen LogP contribution in [0.25, 0.3) is 0 Å². The Kier molecular flexibility index (Phi) is 7.62. The first kappa shape index (κ1) is 17.0. The van der Waals surface area contributed by atoms with Crippen LogP contribution in [0.4, 0.5) is 0 Å². The van der Waals surface area contributed by atoms with Crippen molar-refractivity contribution in [3.8, 4) is 5.75 Å². The number of carbonyl (C=O) groups is 1. The summed E-state index contributed by atoms with van der Waals surface area (Å²) in [7, 11) is 1.62. The molecule has 0 aromatic heterocycles. The molecule has 0 saturated heterocycles. The second-order valence-corrected chi connectivity index (χ2v) is 5.63. The minimum atomic E-state index is 0.0242. The monoisotopic (exact) mass is 343 g/mol. The van der Waals surface area contributed by atoms with Gasteiger partial charge in [-0.1, -0.05) is 13.0 Å². The lowest BCUT2D eigenvalue weighted by atomic mass is 10.00. The predicted octanol–water partition coefficient (Wildman–Crippen LogP) is 2.53. The maximum atomic E-state index is 11.4. The van der Waals surface area contributed by atoms with Crippen LogP contribution in [0.3, 0.4) is 0 Å². The smallest absolute Gasteiger partial charge is 0.219 e. The summed E-state index contributed by atoms with van der Waals surface area (Å²) >= 11 is 3.44. The van der Waals surface area contributed by atoms with E-state index in [1.807, 2.05) is 25.1 Å². The van der Waals surface area contributed by atoms with E-state index in [0.717, 1.165) is 22.2 Å². The molecule has 1 aromatic rings. The fraction of sp³-hybridized carbons (Fsp3) is 0.533. The molecule has 112 valence electrons. The summed E-state index contributed by atoms with van der Waals surface area (Å²) in [5, 5.41) is 12.3. The number of carbonyl (C=O) groups excluding carboxylic acids is 1. The minimum absolute atomic E-state index is 0.0242. The highest BCUT2D eigenvalue weighted by Gasteiger charge is 2.11. The standard InChI is InChI=1S/C15H22BrNO3/c1-3-4-15(19)17-9-12(10-18)7-11-5-6-14(20-2)13(16)8-11/h5-6,8,12,18H,3-4,7,9-10H2,1-2H3,(H,17,19). The zero-order valence-corrected chi connectivity index (χ0v) is 13.6. The zero-order chi connectivity index (χ0) is 15.0. The topological polar surface area (TPSA) is 58.6 Å². The molecule has 1 amide bonds. The Labute approximate surface area is 128 Å². The van der Waals surface area contributed by atoms with Crippen molar-refractivity contribution in [2.24, 2.45) is 5.92 Å². The summed E-state index contributed by atoms with van der Waals surface area (Å²) in [5.74, 6) is 0.850. The number of ether oxygens (including phenoxy) is 1. The molecule has 1 rings (SSSR count). The molecule has 20 heavy (non-hydrogen) atoms. The first-order chi connectivity index (χ1) is 9.60. The number of aliphatic hydroxyl groups excluding tert-OH is 1. The van der Waals surface area contributed by atoms with Gasteiger partial charge in [-0.3, -0.25) is 4.79 Å². The van der Waals surface area contributed by atoms with E-state index in [2.05, 4.69) is 21.2 Å². The van der Waals surface area contributed by atoms with Gasteiger partial charge >= 0.3 is 0 Å². The summed E-state index contributed by atoms with van der Waals surface area (Å²) in [4.78, 5) is 11.4. The third-order valence-electron chi connectivity index (χ3n) is 3.06. The van der Waals surface area contributed by atoms with Gasteiger partial charge in [0.1, 0.15) is 5.75 Å². The fourth-order valence-corrected chi connectivity index (χ4v) is 2.53. The number of aliphatic hydroxyl groups is 1. The third kappa shape index (κ3) is 5.51. The Hall–Kier alpha value is -1.07. The van der Waals surface area contributed by atoms with Crippen LogP contribution in [0.15, 0.2) is 22.7 Å². The van der Waals surface area contributed by atoms with Crippen molar-refractivity contribution >= 4 is 21.8 Å². The number of methoxy groups -OCH3 is 1. The summed E-state index contributed by atoms with van der Waals surface area (Å²) in [6.45, 7) is 2.52. The van der Waals surface area contributed by atoms with Gasteiger partial charge in [-0.2, -0.15) is 0 Å². The molecule has 0 spiro atoms. The normalized spacial score (nSPS) is 12.0. The molecule has 1 atom stereocenters. The van der Waals surface area contributed by atoms with Crippen LogP contribution in [0.2, 0.25) is 0 Å². The van der Waals surface area contributed by atoms with E-state index in [1.54, 1.807) is 7.11 Å². The Bertz CT molecular complexity index is 437. The van der Waals surface area contributed by atoms with Crippen LogP contribution < -0.4 is 10.1 Å². The maximum absolute atomic E-state index is 11.4. The van der Waals surface area contributed by atoms with Gasteiger partial charge in [-0.25, -0.2) is 0 Å². The van der Waals surface area contributed by atoms with Crippen molar-refractivity contribution in [1.29, 1.82) is 0 Å². The van der Waals surface area contributed by atoms with E-state index >= 15 is 0 Å². The van der Waals surface area contributed by atoms with Gasteiger partial charge < -0.3 is 15.2 Å². The number of amides is 1. The molecule has 0 fully saturated rings. The van der Waals surface area contributed by atoms with Crippen molar-refractivity contribution < 1.29 is 14.6 Å². The SMILES string of the molecule is CCCC(=O)NCC(CO)Cc1ccc(OC)c(Br)c1. The number of rotatable bonds is 8. The number of halogens is 1. The molecule has 1 aromatic carbocycles. The molecule has 1 unspecified atom stereocenters. The molecule has 0 radical (unpaired) electrons. The Morgan fingerprint density at radius 3 is 2.80 bits per heavy atom. The summed E-state index contributed by atoms with van der Waals surface area (Å²) in [5.41, 5.74) is 1.10. The Morgan fingerprint density at radius 2 is 2.25 bits per heavy atom. The van der Waals surface area contributed by atoms with E-state index < -0.39 is 0 Å². The van der Waals surface area contributed by atoms with Crippen LogP contribution in [-0.4, -0.2) is 31.3 Å². The number of nitrogens with one attached hydrogen (secondary N) is 1. The molecule has 0 heterocycles. The number of hydrogen-bond donors (Lipinski definition) is 2. The molecule has 0 bridgehead atoms.